The van der Waals surface area contributed by atoms with Crippen molar-refractivity contribution in [2.75, 3.05) is 27.9 Å². The van der Waals surface area contributed by atoms with Crippen LogP contribution in [-0.4, -0.2) is 27.9 Å². The van der Waals surface area contributed by atoms with Crippen molar-refractivity contribution in [2.45, 2.75) is 25.3 Å². The van der Waals surface area contributed by atoms with Gasteiger partial charge >= 0.3 is 0 Å². The van der Waals surface area contributed by atoms with E-state index in [1.165, 1.54) is 0 Å². The highest BCUT2D eigenvalue weighted by atomic mass is 79.9. The number of methoxy groups -OCH3 is 3. The molecule has 1 aliphatic heterocycles. The second-order valence-corrected chi connectivity index (χ2v) is 5.66. The van der Waals surface area contributed by atoms with E-state index in [2.05, 4.69) is 28.2 Å². The van der Waals surface area contributed by atoms with E-state index in [1.54, 1.807) is 21.3 Å². The average Bonchev–Trinajstić information content (AvgIpc) is 2.85. The summed E-state index contributed by atoms with van der Waals surface area (Å²) in [6, 6.07) is 2.00. The van der Waals surface area contributed by atoms with E-state index in [4.69, 9.17) is 14.2 Å². The van der Waals surface area contributed by atoms with Gasteiger partial charge in [-0.15, -0.1) is 0 Å². The van der Waals surface area contributed by atoms with E-state index < -0.39 is 0 Å². The maximum absolute atomic E-state index is 5.57. The third-order valence-corrected chi connectivity index (χ3v) is 4.45. The lowest BCUT2D eigenvalue weighted by Gasteiger charge is -2.28. The highest BCUT2D eigenvalue weighted by Crippen LogP contribution is 2.48. The number of rotatable bonds is 4. The van der Waals surface area contributed by atoms with Crippen LogP contribution in [0.15, 0.2) is 10.5 Å². The Kier molecular flexibility index (Phi) is 4.26. The van der Waals surface area contributed by atoms with Gasteiger partial charge in [0.25, 0.3) is 0 Å². The van der Waals surface area contributed by atoms with Crippen LogP contribution in [0, 0.1) is 0 Å². The first-order chi connectivity index (χ1) is 9.07. The zero-order valence-electron chi connectivity index (χ0n) is 11.8. The summed E-state index contributed by atoms with van der Waals surface area (Å²) in [7, 11) is 4.94. The van der Waals surface area contributed by atoms with Crippen LogP contribution >= 0.6 is 15.9 Å². The minimum Gasteiger partial charge on any atom is -0.495 e. The van der Waals surface area contributed by atoms with Crippen molar-refractivity contribution in [1.29, 1.82) is 0 Å². The molecule has 1 atom stereocenters. The van der Waals surface area contributed by atoms with Crippen LogP contribution in [-0.2, 0) is 5.54 Å². The number of hydrogen-bond acceptors (Lipinski definition) is 4. The second kappa shape index (κ2) is 5.59. The van der Waals surface area contributed by atoms with Crippen molar-refractivity contribution < 1.29 is 14.2 Å². The third kappa shape index (κ3) is 2.41. The van der Waals surface area contributed by atoms with Crippen molar-refractivity contribution in [1.82, 2.24) is 5.32 Å². The molecule has 1 unspecified atom stereocenters. The summed E-state index contributed by atoms with van der Waals surface area (Å²) in [5.41, 5.74) is 1.00. The van der Waals surface area contributed by atoms with Gasteiger partial charge in [-0.1, -0.05) is 0 Å². The van der Waals surface area contributed by atoms with E-state index >= 15 is 0 Å². The van der Waals surface area contributed by atoms with Crippen LogP contribution in [0.5, 0.6) is 17.2 Å². The summed E-state index contributed by atoms with van der Waals surface area (Å²) >= 11 is 3.56. The zero-order chi connectivity index (χ0) is 14.0. The number of nitrogens with one attached hydrogen (secondary N) is 1. The topological polar surface area (TPSA) is 39.7 Å². The lowest BCUT2D eigenvalue weighted by atomic mass is 9.89. The molecule has 4 nitrogen and oxygen atoms in total. The Morgan fingerprint density at radius 1 is 1.16 bits per heavy atom. The summed E-state index contributed by atoms with van der Waals surface area (Å²) in [5.74, 6) is 2.17. The van der Waals surface area contributed by atoms with E-state index in [0.29, 0.717) is 11.5 Å². The molecule has 1 aromatic rings. The van der Waals surface area contributed by atoms with Crippen molar-refractivity contribution in [2.24, 2.45) is 0 Å². The molecule has 1 saturated heterocycles. The maximum atomic E-state index is 5.57. The molecule has 0 spiro atoms. The van der Waals surface area contributed by atoms with Crippen LogP contribution in [0.25, 0.3) is 0 Å². The molecule has 5 heteroatoms. The van der Waals surface area contributed by atoms with E-state index in [1.807, 2.05) is 6.07 Å². The van der Waals surface area contributed by atoms with E-state index in [0.717, 1.165) is 35.2 Å². The molecule has 1 N–H and O–H groups in total. The fourth-order valence-corrected chi connectivity index (χ4v) is 3.40. The van der Waals surface area contributed by atoms with Gasteiger partial charge < -0.3 is 19.5 Å². The maximum Gasteiger partial charge on any atom is 0.178 e. The minimum absolute atomic E-state index is 0.0899. The molecule has 19 heavy (non-hydrogen) atoms. The molecule has 0 radical (unpaired) electrons. The lowest BCUT2D eigenvalue weighted by Crippen LogP contribution is -2.33. The normalized spacial score (nSPS) is 22.4. The fraction of sp³-hybridized carbons (Fsp3) is 0.571. The smallest absolute Gasteiger partial charge is 0.178 e. The van der Waals surface area contributed by atoms with Crippen molar-refractivity contribution in [3.63, 3.8) is 0 Å². The second-order valence-electron chi connectivity index (χ2n) is 4.87. The molecule has 0 aliphatic carbocycles. The molecule has 0 bridgehead atoms. The summed E-state index contributed by atoms with van der Waals surface area (Å²) in [5, 5.41) is 3.54. The Hall–Kier alpha value is -0.940. The summed E-state index contributed by atoms with van der Waals surface area (Å²) < 4.78 is 17.2. The number of halogens is 1. The quantitative estimate of drug-likeness (QED) is 0.921. The Bertz CT molecular complexity index is 470. The molecule has 1 aromatic carbocycles. The molecule has 0 aromatic heterocycles. The van der Waals surface area contributed by atoms with Gasteiger partial charge in [0.1, 0.15) is 10.2 Å². The SMILES string of the molecule is COc1cc(C2(C)CCCN2)c(OC)c(Br)c1OC. The van der Waals surface area contributed by atoms with Crippen molar-refractivity contribution in [3.05, 3.63) is 16.1 Å². The van der Waals surface area contributed by atoms with E-state index in [9.17, 15) is 0 Å². The summed E-state index contributed by atoms with van der Waals surface area (Å²) in [6.45, 7) is 3.21. The van der Waals surface area contributed by atoms with Gasteiger partial charge in [0.15, 0.2) is 11.5 Å². The van der Waals surface area contributed by atoms with Gasteiger partial charge in [-0.2, -0.15) is 0 Å². The molecule has 0 amide bonds. The van der Waals surface area contributed by atoms with E-state index in [-0.39, 0.29) is 5.54 Å². The Morgan fingerprint density at radius 2 is 1.84 bits per heavy atom. The number of hydrogen-bond donors (Lipinski definition) is 1. The first-order valence-electron chi connectivity index (χ1n) is 6.31. The highest BCUT2D eigenvalue weighted by Gasteiger charge is 2.35. The highest BCUT2D eigenvalue weighted by molar-refractivity contribution is 9.10. The lowest BCUT2D eigenvalue weighted by molar-refractivity contribution is 0.333. The third-order valence-electron chi connectivity index (χ3n) is 3.73. The number of ether oxygens (including phenoxy) is 3. The monoisotopic (exact) mass is 329 g/mol. The predicted octanol–water partition coefficient (Wildman–Crippen LogP) is 3.07. The largest absolute Gasteiger partial charge is 0.495 e. The fourth-order valence-electron chi connectivity index (χ4n) is 2.67. The Morgan fingerprint density at radius 3 is 2.32 bits per heavy atom. The Labute approximate surface area is 122 Å². The van der Waals surface area contributed by atoms with Crippen LogP contribution in [0.1, 0.15) is 25.3 Å². The first-order valence-corrected chi connectivity index (χ1v) is 7.10. The van der Waals surface area contributed by atoms with Gasteiger partial charge in [0.05, 0.1) is 21.3 Å². The van der Waals surface area contributed by atoms with Gasteiger partial charge in [-0.3, -0.25) is 0 Å². The molecular formula is C14H20BrNO3. The molecule has 1 heterocycles. The van der Waals surface area contributed by atoms with Crippen molar-refractivity contribution in [3.8, 4) is 17.2 Å². The number of benzene rings is 1. The minimum atomic E-state index is -0.0899. The average molecular weight is 330 g/mol. The van der Waals surface area contributed by atoms with Gasteiger partial charge in [0.2, 0.25) is 0 Å². The van der Waals surface area contributed by atoms with Crippen molar-refractivity contribution >= 4 is 15.9 Å². The summed E-state index contributed by atoms with van der Waals surface area (Å²) in [4.78, 5) is 0. The van der Waals surface area contributed by atoms with Crippen LogP contribution < -0.4 is 19.5 Å². The van der Waals surface area contributed by atoms with Crippen LogP contribution in [0.4, 0.5) is 0 Å². The standard InChI is InChI=1S/C14H20BrNO3/c1-14(6-5-7-16-14)9-8-10(17-2)13(19-4)11(15)12(9)18-3/h8,16H,5-7H2,1-4H3. The van der Waals surface area contributed by atoms with Gasteiger partial charge in [-0.05, 0) is 48.3 Å². The van der Waals surface area contributed by atoms with Crippen LogP contribution in [0.2, 0.25) is 0 Å². The molecular weight excluding hydrogens is 310 g/mol. The zero-order valence-corrected chi connectivity index (χ0v) is 13.4. The molecule has 106 valence electrons. The molecule has 0 saturated carbocycles. The summed E-state index contributed by atoms with van der Waals surface area (Å²) in [6.07, 6.45) is 2.23. The first kappa shape index (κ1) is 14.5. The molecule has 1 aliphatic rings. The van der Waals surface area contributed by atoms with Gasteiger partial charge in [-0.25, -0.2) is 0 Å². The predicted molar refractivity (Wildman–Crippen MR) is 78.4 cm³/mol. The Balaban J connectivity index is 2.63. The van der Waals surface area contributed by atoms with Gasteiger partial charge in [0, 0.05) is 11.1 Å². The molecule has 2 rings (SSSR count). The molecule has 1 fully saturated rings. The van der Waals surface area contributed by atoms with Crippen LogP contribution in [0.3, 0.4) is 0 Å².